The molecule has 5 nitrogen and oxygen atoms in total. The SMILES string of the molecule is CC/C=C\C/C=C\C/C=C\C/C=C\C/C=C\C/C=C\CCCOCC(COC(=O)CCC/C=C\C/C=C\C/C=C\C/C=C\C/C=C\CC)OC(=O)CCCCC/C=C\C/C=C\C/C=C\CC. The maximum atomic E-state index is 12.8. The lowest BCUT2D eigenvalue weighted by atomic mass is 10.1. The van der Waals surface area contributed by atoms with Crippen molar-refractivity contribution < 1.29 is 23.8 Å². The molecule has 0 aliphatic heterocycles. The van der Waals surface area contributed by atoms with Crippen molar-refractivity contribution >= 4 is 11.9 Å². The second-order valence-corrected chi connectivity index (χ2v) is 15.9. The van der Waals surface area contributed by atoms with Crippen LogP contribution in [0, 0.1) is 0 Å². The lowest BCUT2D eigenvalue weighted by Gasteiger charge is -2.18. The molecule has 0 spiro atoms. The topological polar surface area (TPSA) is 61.8 Å². The van der Waals surface area contributed by atoms with Gasteiger partial charge in [-0.1, -0.05) is 197 Å². The van der Waals surface area contributed by atoms with Gasteiger partial charge in [0.1, 0.15) is 6.61 Å². The summed E-state index contributed by atoms with van der Waals surface area (Å²) in [6.07, 6.45) is 82.4. The Bertz CT molecular complexity index is 1540. The first-order chi connectivity index (χ1) is 32.6. The Kier molecular flexibility index (Phi) is 50.7. The second kappa shape index (κ2) is 54.6. The molecule has 1 atom stereocenters. The van der Waals surface area contributed by atoms with Crippen molar-refractivity contribution in [3.8, 4) is 0 Å². The van der Waals surface area contributed by atoms with E-state index in [0.717, 1.165) is 135 Å². The fourth-order valence-corrected chi connectivity index (χ4v) is 6.04. The van der Waals surface area contributed by atoms with Crippen molar-refractivity contribution in [3.63, 3.8) is 0 Å². The van der Waals surface area contributed by atoms with Gasteiger partial charge >= 0.3 is 11.9 Å². The van der Waals surface area contributed by atoms with Gasteiger partial charge in [-0.05, 0) is 135 Å². The third-order valence-electron chi connectivity index (χ3n) is 9.73. The fourth-order valence-electron chi connectivity index (χ4n) is 6.04. The molecule has 5 heteroatoms. The molecule has 0 saturated carbocycles. The molecule has 0 heterocycles. The van der Waals surface area contributed by atoms with Crippen molar-refractivity contribution in [1.29, 1.82) is 0 Å². The summed E-state index contributed by atoms with van der Waals surface area (Å²) in [5, 5.41) is 0. The molecule has 0 amide bonds. The molecule has 66 heavy (non-hydrogen) atoms. The predicted molar refractivity (Wildman–Crippen MR) is 287 cm³/mol. The molecule has 0 saturated heterocycles. The zero-order valence-corrected chi connectivity index (χ0v) is 41.9. The number of carbonyl (C=O) groups is 2. The lowest BCUT2D eigenvalue weighted by Crippen LogP contribution is -2.30. The number of unbranched alkanes of at least 4 members (excludes halogenated alkanes) is 5. The number of carbonyl (C=O) groups excluding carboxylic acids is 2. The fraction of sp³-hybridized carbons (Fsp3) is 0.508. The summed E-state index contributed by atoms with van der Waals surface area (Å²) in [6.45, 7) is 7.21. The minimum absolute atomic E-state index is 0.00747. The number of allylic oxidation sites excluding steroid dienone is 28. The molecule has 0 aliphatic carbocycles. The van der Waals surface area contributed by atoms with E-state index >= 15 is 0 Å². The first-order valence-corrected chi connectivity index (χ1v) is 25.7. The molecule has 1 unspecified atom stereocenters. The monoisotopic (exact) mass is 905 g/mol. The van der Waals surface area contributed by atoms with Gasteiger partial charge < -0.3 is 14.2 Å². The highest BCUT2D eigenvalue weighted by Crippen LogP contribution is 2.09. The van der Waals surface area contributed by atoms with E-state index in [4.69, 9.17) is 14.2 Å². The van der Waals surface area contributed by atoms with Gasteiger partial charge in [-0.15, -0.1) is 0 Å². The van der Waals surface area contributed by atoms with Crippen molar-refractivity contribution in [2.24, 2.45) is 0 Å². The van der Waals surface area contributed by atoms with Crippen LogP contribution in [0.5, 0.6) is 0 Å². The maximum Gasteiger partial charge on any atom is 0.306 e. The number of hydrogen-bond donors (Lipinski definition) is 0. The zero-order chi connectivity index (χ0) is 47.7. The molecule has 0 aromatic carbocycles. The molecular weight excluding hydrogens is 813 g/mol. The number of hydrogen-bond acceptors (Lipinski definition) is 5. The first-order valence-electron chi connectivity index (χ1n) is 25.7. The molecular formula is C61H92O5. The van der Waals surface area contributed by atoms with Gasteiger partial charge in [-0.2, -0.15) is 0 Å². The Labute approximate surface area is 405 Å². The minimum Gasteiger partial charge on any atom is -0.462 e. The summed E-state index contributed by atoms with van der Waals surface area (Å²) in [4.78, 5) is 25.4. The van der Waals surface area contributed by atoms with Crippen LogP contribution in [0.4, 0.5) is 0 Å². The molecule has 366 valence electrons. The van der Waals surface area contributed by atoms with Crippen molar-refractivity contribution in [1.82, 2.24) is 0 Å². The summed E-state index contributed by atoms with van der Waals surface area (Å²) in [6, 6.07) is 0. The highest BCUT2D eigenvalue weighted by Gasteiger charge is 2.17. The van der Waals surface area contributed by atoms with Gasteiger partial charge in [0.05, 0.1) is 6.61 Å². The van der Waals surface area contributed by atoms with E-state index in [2.05, 4.69) is 191 Å². The number of rotatable bonds is 44. The standard InChI is InChI=1S/C61H92O5/c1-4-7-10-13-16-19-22-25-27-29-30-31-33-35-38-41-44-47-50-53-56-64-57-59(66-61(63)55-52-49-46-43-40-36-24-21-18-15-12-9-6-3)58-65-60(62)54-51-48-45-42-39-37-34-32-28-26-23-20-17-14-11-8-5-2/h7-12,16-21,25-28,30-31,34-38,40,42,44-45,47,59H,4-6,13-15,22-24,29,32-33,39,41,43,46,48-58H2,1-3H3/b10-7-,11-8-,12-9-,19-16-,20-17-,21-18-,27-25-,28-26-,31-30-,37-34-,38-35-,40-36-,45-42-,47-44-. The second-order valence-electron chi connectivity index (χ2n) is 15.9. The minimum atomic E-state index is -0.619. The smallest absolute Gasteiger partial charge is 0.306 e. The third-order valence-corrected chi connectivity index (χ3v) is 9.73. The molecule has 0 aromatic rings. The molecule has 0 fully saturated rings. The Hall–Kier alpha value is -4.74. The Balaban J connectivity index is 4.54. The van der Waals surface area contributed by atoms with Crippen LogP contribution in [0.2, 0.25) is 0 Å². The van der Waals surface area contributed by atoms with Crippen LogP contribution < -0.4 is 0 Å². The van der Waals surface area contributed by atoms with E-state index < -0.39 is 6.10 Å². The van der Waals surface area contributed by atoms with Crippen LogP contribution in [-0.4, -0.2) is 37.9 Å². The quantitative estimate of drug-likeness (QED) is 0.0346. The summed E-state index contributed by atoms with van der Waals surface area (Å²) in [7, 11) is 0. The van der Waals surface area contributed by atoms with Crippen molar-refractivity contribution in [2.75, 3.05) is 19.8 Å². The van der Waals surface area contributed by atoms with Gasteiger partial charge in [0.15, 0.2) is 6.10 Å². The van der Waals surface area contributed by atoms with Gasteiger partial charge in [0, 0.05) is 19.4 Å². The predicted octanol–water partition coefficient (Wildman–Crippen LogP) is 17.7. The summed E-state index contributed by atoms with van der Waals surface area (Å²) >= 11 is 0. The average molecular weight is 905 g/mol. The van der Waals surface area contributed by atoms with Gasteiger partial charge in [-0.3, -0.25) is 9.59 Å². The maximum absolute atomic E-state index is 12.8. The van der Waals surface area contributed by atoms with E-state index in [-0.39, 0.29) is 25.2 Å². The molecule has 0 rings (SSSR count). The normalized spacial score (nSPS) is 13.7. The van der Waals surface area contributed by atoms with E-state index in [1.807, 2.05) is 0 Å². The Morgan fingerprint density at radius 1 is 0.333 bits per heavy atom. The van der Waals surface area contributed by atoms with Crippen molar-refractivity contribution in [3.05, 3.63) is 170 Å². The van der Waals surface area contributed by atoms with Gasteiger partial charge in [-0.25, -0.2) is 0 Å². The first kappa shape index (κ1) is 61.3. The van der Waals surface area contributed by atoms with E-state index in [1.54, 1.807) is 0 Å². The van der Waals surface area contributed by atoms with Crippen LogP contribution in [0.15, 0.2) is 170 Å². The highest BCUT2D eigenvalue weighted by molar-refractivity contribution is 5.70. The van der Waals surface area contributed by atoms with Crippen LogP contribution in [-0.2, 0) is 23.8 Å². The summed E-state index contributed by atoms with van der Waals surface area (Å²) in [5.74, 6) is -0.549. The van der Waals surface area contributed by atoms with Crippen LogP contribution in [0.3, 0.4) is 0 Å². The third kappa shape index (κ3) is 51.9. The highest BCUT2D eigenvalue weighted by atomic mass is 16.6. The average Bonchev–Trinajstić information content (AvgIpc) is 3.32. The summed E-state index contributed by atoms with van der Waals surface area (Å²) < 4.78 is 17.2. The van der Waals surface area contributed by atoms with E-state index in [0.29, 0.717) is 25.9 Å². The molecule has 0 N–H and O–H groups in total. The number of ether oxygens (including phenoxy) is 3. The molecule has 0 radical (unpaired) electrons. The molecule has 0 bridgehead atoms. The molecule has 0 aliphatic rings. The van der Waals surface area contributed by atoms with E-state index in [9.17, 15) is 9.59 Å². The lowest BCUT2D eigenvalue weighted by molar-refractivity contribution is -0.162. The molecule has 0 aromatic heterocycles. The Morgan fingerprint density at radius 2 is 0.652 bits per heavy atom. The van der Waals surface area contributed by atoms with Crippen LogP contribution in [0.1, 0.15) is 175 Å². The van der Waals surface area contributed by atoms with Gasteiger partial charge in [0.2, 0.25) is 0 Å². The largest absolute Gasteiger partial charge is 0.462 e. The van der Waals surface area contributed by atoms with Gasteiger partial charge in [0.25, 0.3) is 0 Å². The summed E-state index contributed by atoms with van der Waals surface area (Å²) in [5.41, 5.74) is 0. The number of esters is 2. The zero-order valence-electron chi connectivity index (χ0n) is 41.9. The van der Waals surface area contributed by atoms with Crippen LogP contribution in [0.25, 0.3) is 0 Å². The van der Waals surface area contributed by atoms with Crippen molar-refractivity contribution in [2.45, 2.75) is 181 Å². The van der Waals surface area contributed by atoms with Crippen LogP contribution >= 0.6 is 0 Å². The Morgan fingerprint density at radius 3 is 1.03 bits per heavy atom. The van der Waals surface area contributed by atoms with E-state index in [1.165, 1.54) is 0 Å².